The minimum Gasteiger partial charge on any atom is -0.341 e. The highest BCUT2D eigenvalue weighted by atomic mass is 32.1. The van der Waals surface area contributed by atoms with Gasteiger partial charge in [0, 0.05) is 41.4 Å². The maximum atomic E-state index is 13.5. The van der Waals surface area contributed by atoms with Crippen LogP contribution in [0.2, 0.25) is 0 Å². The third-order valence-corrected chi connectivity index (χ3v) is 9.05. The number of carbonyl (C=O) groups is 3. The van der Waals surface area contributed by atoms with Gasteiger partial charge in [0.2, 0.25) is 5.91 Å². The third-order valence-electron chi connectivity index (χ3n) is 8.29. The largest absolute Gasteiger partial charge is 0.341 e. The van der Waals surface area contributed by atoms with E-state index in [1.54, 1.807) is 36.5 Å². The fraction of sp³-hybridized carbons (Fsp3) is 0.237. The molecule has 9 heteroatoms. The number of pyridine rings is 1. The van der Waals surface area contributed by atoms with Crippen LogP contribution in [0.1, 0.15) is 71.5 Å². The molecule has 238 valence electrons. The molecule has 5 aromatic rings. The Hall–Kier alpha value is -5.15. The first-order valence-electron chi connectivity index (χ1n) is 15.8. The van der Waals surface area contributed by atoms with E-state index in [0.717, 1.165) is 29.5 Å². The predicted molar refractivity (Wildman–Crippen MR) is 186 cm³/mol. The number of amides is 3. The van der Waals surface area contributed by atoms with Crippen molar-refractivity contribution in [3.8, 4) is 22.5 Å². The van der Waals surface area contributed by atoms with Crippen molar-refractivity contribution >= 4 is 34.2 Å². The first kappa shape index (κ1) is 31.8. The highest BCUT2D eigenvalue weighted by Gasteiger charge is 2.29. The second-order valence-electron chi connectivity index (χ2n) is 12.6. The normalized spacial score (nSPS) is 13.6. The molecule has 8 nitrogen and oxygen atoms in total. The van der Waals surface area contributed by atoms with Gasteiger partial charge in [0.15, 0.2) is 5.13 Å². The van der Waals surface area contributed by atoms with Gasteiger partial charge in [-0.3, -0.25) is 24.7 Å². The van der Waals surface area contributed by atoms with Crippen LogP contribution in [0.15, 0.2) is 103 Å². The van der Waals surface area contributed by atoms with Crippen molar-refractivity contribution in [3.63, 3.8) is 0 Å². The van der Waals surface area contributed by atoms with Gasteiger partial charge >= 0.3 is 0 Å². The van der Waals surface area contributed by atoms with E-state index >= 15 is 0 Å². The van der Waals surface area contributed by atoms with Crippen molar-refractivity contribution in [2.75, 3.05) is 18.4 Å². The Kier molecular flexibility index (Phi) is 9.26. The number of rotatable bonds is 8. The highest BCUT2D eigenvalue weighted by Crippen LogP contribution is 2.29. The fourth-order valence-electron chi connectivity index (χ4n) is 5.66. The molecule has 1 atom stereocenters. The van der Waals surface area contributed by atoms with Crippen LogP contribution in [0.5, 0.6) is 0 Å². The van der Waals surface area contributed by atoms with Crippen molar-refractivity contribution < 1.29 is 14.4 Å². The quantitative estimate of drug-likeness (QED) is 0.182. The molecule has 6 rings (SSSR count). The van der Waals surface area contributed by atoms with Crippen molar-refractivity contribution in [2.45, 2.75) is 45.1 Å². The first-order valence-corrected chi connectivity index (χ1v) is 16.6. The Balaban J connectivity index is 1.17. The Morgan fingerprint density at radius 1 is 0.830 bits per heavy atom. The van der Waals surface area contributed by atoms with E-state index in [1.807, 2.05) is 58.8 Å². The van der Waals surface area contributed by atoms with Gasteiger partial charge in [-0.2, -0.15) is 0 Å². The van der Waals surface area contributed by atoms with Gasteiger partial charge < -0.3 is 10.2 Å². The maximum absolute atomic E-state index is 13.5. The number of aromatic nitrogens is 2. The molecular weight excluding hydrogens is 607 g/mol. The van der Waals surface area contributed by atoms with E-state index in [1.165, 1.54) is 16.9 Å². The van der Waals surface area contributed by atoms with Gasteiger partial charge in [0.1, 0.15) is 6.04 Å². The minimum absolute atomic E-state index is 0.0195. The van der Waals surface area contributed by atoms with Crippen LogP contribution in [0.3, 0.4) is 0 Å². The Morgan fingerprint density at radius 2 is 1.57 bits per heavy atom. The Morgan fingerprint density at radius 3 is 2.30 bits per heavy atom. The lowest BCUT2D eigenvalue weighted by Crippen LogP contribution is -2.41. The number of hydrogen-bond donors (Lipinski definition) is 2. The van der Waals surface area contributed by atoms with Gasteiger partial charge in [-0.15, -0.1) is 11.3 Å². The molecule has 1 saturated heterocycles. The van der Waals surface area contributed by atoms with Crippen molar-refractivity contribution in [1.82, 2.24) is 20.2 Å². The second kappa shape index (κ2) is 13.7. The van der Waals surface area contributed by atoms with Crippen LogP contribution >= 0.6 is 11.3 Å². The molecule has 3 heterocycles. The second-order valence-corrected chi connectivity index (χ2v) is 13.5. The summed E-state index contributed by atoms with van der Waals surface area (Å²) in [5.74, 6) is -0.759. The summed E-state index contributed by atoms with van der Waals surface area (Å²) in [5.41, 5.74) is 5.62. The fourth-order valence-corrected chi connectivity index (χ4v) is 6.38. The summed E-state index contributed by atoms with van der Waals surface area (Å²) in [4.78, 5) is 51.3. The van der Waals surface area contributed by atoms with E-state index in [9.17, 15) is 14.4 Å². The molecule has 2 N–H and O–H groups in total. The van der Waals surface area contributed by atoms with E-state index in [0.29, 0.717) is 40.7 Å². The van der Waals surface area contributed by atoms with E-state index in [2.05, 4.69) is 53.5 Å². The number of carbonyl (C=O) groups excluding carboxylic acids is 3. The van der Waals surface area contributed by atoms with Crippen LogP contribution in [-0.2, 0) is 10.2 Å². The smallest absolute Gasteiger partial charge is 0.259 e. The van der Waals surface area contributed by atoms with Crippen LogP contribution in [0.25, 0.3) is 22.5 Å². The van der Waals surface area contributed by atoms with Crippen LogP contribution in [0, 0.1) is 0 Å². The van der Waals surface area contributed by atoms with E-state index in [4.69, 9.17) is 0 Å². The summed E-state index contributed by atoms with van der Waals surface area (Å²) in [6.07, 6.45) is 3.61. The standard InChI is InChI=1S/C38H37N5O3S/c1-38(2,3)29-18-16-26(17-19-29)32-30(15-10-20-39-32)35(45)42-37-40-31(24-47-37)27-13-9-14-28(23-27)34(44)41-33(25-11-5-4-6-12-25)36(46)43-21-7-8-22-43/h4-6,9-20,23-24,33H,7-8,21-22H2,1-3H3,(H,41,44)(H,40,42,45)/t33-/m0/s1. The monoisotopic (exact) mass is 643 g/mol. The summed E-state index contributed by atoms with van der Waals surface area (Å²) < 4.78 is 0. The average Bonchev–Trinajstić information content (AvgIpc) is 3.80. The summed E-state index contributed by atoms with van der Waals surface area (Å²) >= 11 is 1.30. The molecule has 0 saturated carbocycles. The Bertz CT molecular complexity index is 1890. The van der Waals surface area contributed by atoms with Crippen molar-refractivity contribution in [1.29, 1.82) is 0 Å². The lowest BCUT2D eigenvalue weighted by molar-refractivity contribution is -0.132. The number of anilines is 1. The molecule has 0 radical (unpaired) electrons. The van der Waals surface area contributed by atoms with E-state index < -0.39 is 6.04 Å². The first-order chi connectivity index (χ1) is 22.7. The molecule has 3 amide bonds. The number of benzene rings is 3. The minimum atomic E-state index is -0.777. The summed E-state index contributed by atoms with van der Waals surface area (Å²) in [6, 6.07) is 27.3. The number of likely N-dealkylation sites (tertiary alicyclic amines) is 1. The predicted octanol–water partition coefficient (Wildman–Crippen LogP) is 7.52. The summed E-state index contributed by atoms with van der Waals surface area (Å²) in [5, 5.41) is 8.16. The lowest BCUT2D eigenvalue weighted by atomic mass is 9.86. The molecule has 3 aromatic carbocycles. The SMILES string of the molecule is CC(C)(C)c1ccc(-c2ncccc2C(=O)Nc2nc(-c3cccc(C(=O)N[C@H](C(=O)N4CCCC4)c4ccccc4)c3)cs2)cc1. The lowest BCUT2D eigenvalue weighted by Gasteiger charge is -2.24. The molecule has 1 aliphatic rings. The van der Waals surface area contributed by atoms with E-state index in [-0.39, 0.29) is 23.1 Å². The van der Waals surface area contributed by atoms with Crippen LogP contribution in [0.4, 0.5) is 5.13 Å². The number of thiazole rings is 1. The zero-order valence-corrected chi connectivity index (χ0v) is 27.5. The molecule has 0 aliphatic carbocycles. The third kappa shape index (κ3) is 7.31. The van der Waals surface area contributed by atoms with Crippen molar-refractivity contribution in [2.24, 2.45) is 0 Å². The maximum Gasteiger partial charge on any atom is 0.259 e. The molecule has 47 heavy (non-hydrogen) atoms. The zero-order valence-electron chi connectivity index (χ0n) is 26.7. The zero-order chi connectivity index (χ0) is 33.0. The number of nitrogens with zero attached hydrogens (tertiary/aromatic N) is 3. The summed E-state index contributed by atoms with van der Waals surface area (Å²) in [6.45, 7) is 7.88. The topological polar surface area (TPSA) is 104 Å². The molecule has 1 aliphatic heterocycles. The molecule has 0 bridgehead atoms. The molecular formula is C38H37N5O3S. The van der Waals surface area contributed by atoms with Crippen LogP contribution in [-0.4, -0.2) is 45.7 Å². The Labute approximate surface area is 278 Å². The number of hydrogen-bond acceptors (Lipinski definition) is 6. The summed E-state index contributed by atoms with van der Waals surface area (Å²) in [7, 11) is 0. The molecule has 0 spiro atoms. The van der Waals surface area contributed by atoms with Gasteiger partial charge in [0.25, 0.3) is 11.8 Å². The molecule has 2 aromatic heterocycles. The van der Waals surface area contributed by atoms with Crippen LogP contribution < -0.4 is 10.6 Å². The molecule has 0 unspecified atom stereocenters. The molecule has 1 fully saturated rings. The van der Waals surface area contributed by atoms with Gasteiger partial charge in [-0.05, 0) is 53.6 Å². The van der Waals surface area contributed by atoms with Crippen molar-refractivity contribution in [3.05, 3.63) is 125 Å². The van der Waals surface area contributed by atoms with Gasteiger partial charge in [-0.25, -0.2) is 4.98 Å². The highest BCUT2D eigenvalue weighted by molar-refractivity contribution is 7.14. The van der Waals surface area contributed by atoms with Gasteiger partial charge in [0.05, 0.1) is 17.0 Å². The van der Waals surface area contributed by atoms with Gasteiger partial charge in [-0.1, -0.05) is 87.5 Å². The average molecular weight is 644 g/mol. The number of nitrogens with one attached hydrogen (secondary N) is 2.